The van der Waals surface area contributed by atoms with Crippen LogP contribution in [-0.4, -0.2) is 19.5 Å². The highest BCUT2D eigenvalue weighted by atomic mass is 16.5. The molecule has 0 unspecified atom stereocenters. The highest BCUT2D eigenvalue weighted by Crippen LogP contribution is 2.31. The third-order valence-electron chi connectivity index (χ3n) is 2.31. The molecule has 0 fully saturated rings. The number of hydrogen-bond acceptors (Lipinski definition) is 3. The van der Waals surface area contributed by atoms with Crippen LogP contribution in [0.4, 0.5) is 0 Å². The first-order chi connectivity index (χ1) is 7.69. The monoisotopic (exact) mass is 222 g/mol. The minimum Gasteiger partial charge on any atom is -0.493 e. The lowest BCUT2D eigenvalue weighted by Crippen LogP contribution is -2.00. The zero-order valence-electron chi connectivity index (χ0n) is 10.1. The Kier molecular flexibility index (Phi) is 4.83. The third kappa shape index (κ3) is 3.26. The van der Waals surface area contributed by atoms with Gasteiger partial charge in [-0.2, -0.15) is 0 Å². The number of carbonyl (C=O) groups is 1. The van der Waals surface area contributed by atoms with Crippen LogP contribution in [0.5, 0.6) is 11.5 Å². The van der Waals surface area contributed by atoms with Crippen LogP contribution in [0.25, 0.3) is 0 Å². The van der Waals surface area contributed by atoms with E-state index in [-0.39, 0.29) is 5.78 Å². The molecule has 0 bridgehead atoms. The fourth-order valence-corrected chi connectivity index (χ4v) is 1.57. The van der Waals surface area contributed by atoms with Gasteiger partial charge in [-0.1, -0.05) is 12.1 Å². The number of ether oxygens (including phenoxy) is 2. The molecule has 1 rings (SSSR count). The quantitative estimate of drug-likeness (QED) is 0.742. The summed E-state index contributed by atoms with van der Waals surface area (Å²) < 4.78 is 10.8. The maximum Gasteiger partial charge on any atom is 0.163 e. The van der Waals surface area contributed by atoms with E-state index in [0.717, 1.165) is 17.1 Å². The largest absolute Gasteiger partial charge is 0.493 e. The van der Waals surface area contributed by atoms with Gasteiger partial charge in [0.05, 0.1) is 13.7 Å². The lowest BCUT2D eigenvalue weighted by molar-refractivity contribution is -0.116. The Hall–Kier alpha value is -1.51. The fourth-order valence-electron chi connectivity index (χ4n) is 1.57. The van der Waals surface area contributed by atoms with Crippen LogP contribution in [0.15, 0.2) is 18.2 Å². The average Bonchev–Trinajstić information content (AvgIpc) is 2.27. The number of hydrogen-bond donors (Lipinski definition) is 0. The number of Topliss-reactive ketones (excluding diaryl/α,β-unsaturated/α-hetero) is 1. The normalized spacial score (nSPS) is 9.94. The number of ketones is 1. The molecule has 88 valence electrons. The SMILES string of the molecule is CCOc1cccc(CCC(C)=O)c1OC. The van der Waals surface area contributed by atoms with Gasteiger partial charge in [0, 0.05) is 6.42 Å². The number of carbonyl (C=O) groups excluding carboxylic acids is 1. The Morgan fingerprint density at radius 1 is 1.38 bits per heavy atom. The maximum atomic E-state index is 11.0. The highest BCUT2D eigenvalue weighted by molar-refractivity contribution is 5.75. The summed E-state index contributed by atoms with van der Waals surface area (Å²) >= 11 is 0. The molecule has 0 saturated carbocycles. The van der Waals surface area contributed by atoms with E-state index >= 15 is 0 Å². The van der Waals surface area contributed by atoms with Crippen LogP contribution in [0, 0.1) is 0 Å². The van der Waals surface area contributed by atoms with Crippen LogP contribution < -0.4 is 9.47 Å². The summed E-state index contributed by atoms with van der Waals surface area (Å²) in [6.07, 6.45) is 1.23. The minimum atomic E-state index is 0.184. The van der Waals surface area contributed by atoms with Crippen molar-refractivity contribution in [2.45, 2.75) is 26.7 Å². The van der Waals surface area contributed by atoms with Gasteiger partial charge >= 0.3 is 0 Å². The predicted octanol–water partition coefficient (Wildman–Crippen LogP) is 2.62. The smallest absolute Gasteiger partial charge is 0.163 e. The predicted molar refractivity (Wildman–Crippen MR) is 63.2 cm³/mol. The number of para-hydroxylation sites is 1. The first-order valence-corrected chi connectivity index (χ1v) is 5.47. The molecule has 0 aliphatic carbocycles. The van der Waals surface area contributed by atoms with Gasteiger partial charge < -0.3 is 14.3 Å². The van der Waals surface area contributed by atoms with Crippen molar-refractivity contribution in [1.82, 2.24) is 0 Å². The Balaban J connectivity index is 2.89. The second-order valence-electron chi connectivity index (χ2n) is 3.58. The van der Waals surface area contributed by atoms with E-state index in [0.29, 0.717) is 19.4 Å². The Labute approximate surface area is 96.4 Å². The summed E-state index contributed by atoms with van der Waals surface area (Å²) in [5.74, 6) is 1.67. The molecular formula is C13H18O3. The van der Waals surface area contributed by atoms with Gasteiger partial charge in [0.1, 0.15) is 5.78 Å². The molecule has 0 saturated heterocycles. The molecule has 0 heterocycles. The van der Waals surface area contributed by atoms with Gasteiger partial charge in [-0.15, -0.1) is 0 Å². The molecule has 0 spiro atoms. The second-order valence-corrected chi connectivity index (χ2v) is 3.58. The molecular weight excluding hydrogens is 204 g/mol. The van der Waals surface area contributed by atoms with E-state index < -0.39 is 0 Å². The number of aryl methyl sites for hydroxylation is 1. The van der Waals surface area contributed by atoms with Crippen LogP contribution >= 0.6 is 0 Å². The first kappa shape index (κ1) is 12.6. The van der Waals surface area contributed by atoms with Crippen LogP contribution in [0.2, 0.25) is 0 Å². The number of benzene rings is 1. The highest BCUT2D eigenvalue weighted by Gasteiger charge is 2.10. The van der Waals surface area contributed by atoms with Crippen molar-refractivity contribution in [3.8, 4) is 11.5 Å². The van der Waals surface area contributed by atoms with E-state index in [9.17, 15) is 4.79 Å². The Morgan fingerprint density at radius 2 is 2.12 bits per heavy atom. The topological polar surface area (TPSA) is 35.5 Å². The minimum absolute atomic E-state index is 0.184. The maximum absolute atomic E-state index is 11.0. The third-order valence-corrected chi connectivity index (χ3v) is 2.31. The van der Waals surface area contributed by atoms with Crippen LogP contribution in [0.3, 0.4) is 0 Å². The van der Waals surface area contributed by atoms with Crippen LogP contribution in [-0.2, 0) is 11.2 Å². The van der Waals surface area contributed by atoms with E-state index in [1.807, 2.05) is 25.1 Å². The zero-order valence-corrected chi connectivity index (χ0v) is 10.1. The molecule has 0 amide bonds. The van der Waals surface area contributed by atoms with Crippen molar-refractivity contribution in [3.63, 3.8) is 0 Å². The Morgan fingerprint density at radius 3 is 2.69 bits per heavy atom. The van der Waals surface area contributed by atoms with Gasteiger partial charge in [0.15, 0.2) is 11.5 Å². The van der Waals surface area contributed by atoms with E-state index in [4.69, 9.17) is 9.47 Å². The molecule has 0 aromatic heterocycles. The van der Waals surface area contributed by atoms with Crippen molar-refractivity contribution in [2.75, 3.05) is 13.7 Å². The molecule has 0 atom stereocenters. The summed E-state index contributed by atoms with van der Waals surface area (Å²) in [6, 6.07) is 5.76. The summed E-state index contributed by atoms with van der Waals surface area (Å²) in [4.78, 5) is 11.0. The number of methoxy groups -OCH3 is 1. The lowest BCUT2D eigenvalue weighted by atomic mass is 10.1. The van der Waals surface area contributed by atoms with Crippen molar-refractivity contribution in [3.05, 3.63) is 23.8 Å². The number of rotatable bonds is 6. The lowest BCUT2D eigenvalue weighted by Gasteiger charge is -2.13. The summed E-state index contributed by atoms with van der Waals surface area (Å²) in [6.45, 7) is 4.13. The van der Waals surface area contributed by atoms with Crippen molar-refractivity contribution < 1.29 is 14.3 Å². The molecule has 16 heavy (non-hydrogen) atoms. The van der Waals surface area contributed by atoms with E-state index in [1.165, 1.54) is 0 Å². The molecule has 3 nitrogen and oxygen atoms in total. The summed E-state index contributed by atoms with van der Waals surface area (Å²) in [5, 5.41) is 0. The molecule has 0 radical (unpaired) electrons. The molecule has 0 aliphatic rings. The van der Waals surface area contributed by atoms with Crippen LogP contribution in [0.1, 0.15) is 25.8 Å². The molecule has 3 heteroatoms. The van der Waals surface area contributed by atoms with Gasteiger partial charge in [-0.3, -0.25) is 0 Å². The fraction of sp³-hybridized carbons (Fsp3) is 0.462. The first-order valence-electron chi connectivity index (χ1n) is 5.47. The Bertz CT molecular complexity index is 358. The zero-order chi connectivity index (χ0) is 12.0. The molecule has 1 aromatic rings. The van der Waals surface area contributed by atoms with Gasteiger partial charge in [-0.05, 0) is 31.9 Å². The summed E-state index contributed by atoms with van der Waals surface area (Å²) in [7, 11) is 1.62. The van der Waals surface area contributed by atoms with Crippen molar-refractivity contribution >= 4 is 5.78 Å². The van der Waals surface area contributed by atoms with Crippen molar-refractivity contribution in [1.29, 1.82) is 0 Å². The van der Waals surface area contributed by atoms with Crippen molar-refractivity contribution in [2.24, 2.45) is 0 Å². The average molecular weight is 222 g/mol. The molecule has 0 N–H and O–H groups in total. The standard InChI is InChI=1S/C13H18O3/c1-4-16-12-7-5-6-11(13(12)15-3)9-8-10(2)14/h5-7H,4,8-9H2,1-3H3. The second kappa shape index (κ2) is 6.16. The van der Waals surface area contributed by atoms with Gasteiger partial charge in [-0.25, -0.2) is 0 Å². The molecule has 1 aromatic carbocycles. The van der Waals surface area contributed by atoms with Gasteiger partial charge in [0.25, 0.3) is 0 Å². The van der Waals surface area contributed by atoms with E-state index in [2.05, 4.69) is 0 Å². The van der Waals surface area contributed by atoms with Gasteiger partial charge in [0.2, 0.25) is 0 Å². The summed E-state index contributed by atoms with van der Waals surface area (Å²) in [5.41, 5.74) is 1.02. The molecule has 0 aliphatic heterocycles. The van der Waals surface area contributed by atoms with E-state index in [1.54, 1.807) is 14.0 Å².